The first-order valence-electron chi connectivity index (χ1n) is 12.9. The van der Waals surface area contributed by atoms with Crippen LogP contribution in [0.15, 0.2) is 41.0 Å². The molecule has 4 rings (SSSR count). The van der Waals surface area contributed by atoms with E-state index in [0.29, 0.717) is 17.5 Å². The minimum atomic E-state index is -5.16. The first-order valence-corrected chi connectivity index (χ1v) is 12.9. The summed E-state index contributed by atoms with van der Waals surface area (Å²) >= 11 is 0. The molecule has 0 N–H and O–H groups in total. The molecule has 10 heteroatoms. The summed E-state index contributed by atoms with van der Waals surface area (Å²) in [7, 11) is 0.792. The number of rotatable bonds is 6. The van der Waals surface area contributed by atoms with Gasteiger partial charge in [0.05, 0.1) is 18.1 Å². The Hall–Kier alpha value is -3.14. The van der Waals surface area contributed by atoms with Crippen molar-refractivity contribution in [2.45, 2.75) is 71.4 Å². The summed E-state index contributed by atoms with van der Waals surface area (Å²) < 4.78 is 65.7. The number of methoxy groups -OCH3 is 1. The molecule has 212 valence electrons. The summed E-state index contributed by atoms with van der Waals surface area (Å²) in [6.45, 7) is 8.75. The van der Waals surface area contributed by atoms with Crippen molar-refractivity contribution in [2.75, 3.05) is 7.11 Å². The summed E-state index contributed by atoms with van der Waals surface area (Å²) in [4.78, 5) is 40.2. The lowest BCUT2D eigenvalue weighted by molar-refractivity contribution is -0.280. The van der Waals surface area contributed by atoms with Crippen molar-refractivity contribution in [1.82, 2.24) is 0 Å². The molecule has 0 aliphatic heterocycles. The van der Waals surface area contributed by atoms with Crippen LogP contribution in [-0.2, 0) is 29.4 Å². The lowest BCUT2D eigenvalue weighted by Crippen LogP contribution is -2.59. The summed E-state index contributed by atoms with van der Waals surface area (Å²) in [6, 6.07) is 6.51. The molecule has 0 bridgehead atoms. The highest BCUT2D eigenvalue weighted by Gasteiger charge is 2.67. The number of Topliss-reactive ketones (excluding diaryl/α,β-unsaturated/α-hetero) is 1. The van der Waals surface area contributed by atoms with Crippen LogP contribution < -0.4 is 0 Å². The maximum Gasteiger partial charge on any atom is 0.432 e. The molecular weight excluding hydrogens is 517 g/mol. The van der Waals surface area contributed by atoms with E-state index >= 15 is 0 Å². The van der Waals surface area contributed by atoms with Gasteiger partial charge in [0.2, 0.25) is 5.78 Å². The van der Waals surface area contributed by atoms with Crippen LogP contribution in [0.5, 0.6) is 0 Å². The predicted molar refractivity (Wildman–Crippen MR) is 133 cm³/mol. The predicted octanol–water partition coefficient (Wildman–Crippen LogP) is 6.09. The monoisotopic (exact) mass is 550 g/mol. The van der Waals surface area contributed by atoms with Gasteiger partial charge in [-0.2, -0.15) is 13.2 Å². The zero-order valence-electron chi connectivity index (χ0n) is 22.8. The smallest absolute Gasteiger partial charge is 0.432 e. The minimum Gasteiger partial charge on any atom is -0.460 e. The average molecular weight is 551 g/mol. The van der Waals surface area contributed by atoms with E-state index in [0.717, 1.165) is 19.2 Å². The molecule has 0 unspecified atom stereocenters. The lowest BCUT2D eigenvalue weighted by atomic mass is 9.52. The lowest BCUT2D eigenvalue weighted by Gasteiger charge is -2.54. The van der Waals surface area contributed by atoms with Gasteiger partial charge in [0.15, 0.2) is 5.76 Å². The van der Waals surface area contributed by atoms with Crippen LogP contribution in [0.25, 0.3) is 0 Å². The Bertz CT molecular complexity index is 1250. The van der Waals surface area contributed by atoms with Crippen LogP contribution in [0, 0.1) is 30.1 Å². The van der Waals surface area contributed by atoms with E-state index in [9.17, 15) is 27.6 Å². The van der Waals surface area contributed by atoms with E-state index in [4.69, 9.17) is 18.6 Å². The third-order valence-electron chi connectivity index (χ3n) is 8.48. The van der Waals surface area contributed by atoms with E-state index in [-0.39, 0.29) is 18.1 Å². The summed E-state index contributed by atoms with van der Waals surface area (Å²) in [5.41, 5.74) is -3.88. The van der Waals surface area contributed by atoms with Crippen molar-refractivity contribution < 1.29 is 46.2 Å². The molecule has 2 aromatic rings. The van der Waals surface area contributed by atoms with Gasteiger partial charge in [0.25, 0.3) is 5.60 Å². The number of hydrogen-bond acceptors (Lipinski definition) is 7. The first-order chi connectivity index (χ1) is 18.2. The number of furan rings is 1. The molecular formula is C29H33F3O7. The third-order valence-corrected chi connectivity index (χ3v) is 8.48. The zero-order valence-corrected chi connectivity index (χ0v) is 22.8. The second-order valence-corrected chi connectivity index (χ2v) is 11.0. The minimum absolute atomic E-state index is 0.0384. The number of alkyl halides is 3. The Labute approximate surface area is 225 Å². The number of fused-ring (bicyclic) bond motifs is 2. The maximum absolute atomic E-state index is 14.5. The fourth-order valence-corrected chi connectivity index (χ4v) is 6.07. The number of ether oxygens (including phenoxy) is 3. The molecule has 1 heterocycles. The van der Waals surface area contributed by atoms with E-state index < -0.39 is 64.5 Å². The fourth-order valence-electron chi connectivity index (χ4n) is 6.07. The van der Waals surface area contributed by atoms with Crippen LogP contribution in [0.3, 0.4) is 0 Å². The van der Waals surface area contributed by atoms with Gasteiger partial charge in [-0.1, -0.05) is 58.0 Å². The SMILES string of the molecule is CO[C@](C(=O)O[C@H]1CC[C@H](C)[C@@]2(C)[C@H](OC(=O)C(C)C)c3c(C)coc3C(=O)[C@@H]12)(c1ccccc1)C(F)(F)F. The highest BCUT2D eigenvalue weighted by Crippen LogP contribution is 2.60. The van der Waals surface area contributed by atoms with Crippen molar-refractivity contribution in [3.8, 4) is 0 Å². The van der Waals surface area contributed by atoms with Crippen LogP contribution >= 0.6 is 0 Å². The van der Waals surface area contributed by atoms with Gasteiger partial charge in [-0.15, -0.1) is 0 Å². The standard InChI is InChI=1S/C29H33F3O7/c1-15(2)25(34)39-24-20-16(3)14-37-23(20)22(33)21-19(13-12-17(4)27(21,24)5)38-26(35)28(36-6,29(30,31)32)18-10-8-7-9-11-18/h7-11,14-15,17,19,21,24H,12-13H2,1-6H3/t17-,19-,21+,24+,27+,28-/m0/s1. The van der Waals surface area contributed by atoms with Gasteiger partial charge in [-0.05, 0) is 31.2 Å². The average Bonchev–Trinajstić information content (AvgIpc) is 3.25. The first kappa shape index (κ1) is 28.9. The Kier molecular flexibility index (Phi) is 7.48. The number of carbonyl (C=O) groups excluding carboxylic acids is 3. The molecule has 1 aromatic heterocycles. The van der Waals surface area contributed by atoms with Gasteiger partial charge in [-0.25, -0.2) is 4.79 Å². The van der Waals surface area contributed by atoms with Crippen LogP contribution in [0.1, 0.15) is 73.9 Å². The van der Waals surface area contributed by atoms with E-state index in [1.807, 2.05) is 6.92 Å². The summed E-state index contributed by atoms with van der Waals surface area (Å²) in [5, 5.41) is 0. The number of carbonyl (C=O) groups is 3. The van der Waals surface area contributed by atoms with Gasteiger partial charge in [0, 0.05) is 23.7 Å². The third kappa shape index (κ3) is 4.37. The number of esters is 2. The molecule has 2 aliphatic rings. The molecule has 0 spiro atoms. The fraction of sp³-hybridized carbons (Fsp3) is 0.552. The van der Waals surface area contributed by atoms with Crippen molar-refractivity contribution in [3.63, 3.8) is 0 Å². The second-order valence-electron chi connectivity index (χ2n) is 11.0. The van der Waals surface area contributed by atoms with E-state index in [1.165, 1.54) is 24.5 Å². The molecule has 6 atom stereocenters. The molecule has 1 aromatic carbocycles. The van der Waals surface area contributed by atoms with Crippen molar-refractivity contribution in [3.05, 3.63) is 59.0 Å². The molecule has 0 radical (unpaired) electrons. The molecule has 7 nitrogen and oxygen atoms in total. The highest BCUT2D eigenvalue weighted by atomic mass is 19.4. The highest BCUT2D eigenvalue weighted by molar-refractivity contribution is 6.00. The number of benzene rings is 1. The summed E-state index contributed by atoms with van der Waals surface area (Å²) in [5.74, 6) is -4.50. The second kappa shape index (κ2) is 10.1. The largest absolute Gasteiger partial charge is 0.460 e. The van der Waals surface area contributed by atoms with Crippen LogP contribution in [-0.4, -0.2) is 37.1 Å². The van der Waals surface area contributed by atoms with Gasteiger partial charge >= 0.3 is 18.1 Å². The van der Waals surface area contributed by atoms with Crippen molar-refractivity contribution in [2.24, 2.45) is 23.2 Å². The molecule has 39 heavy (non-hydrogen) atoms. The quantitative estimate of drug-likeness (QED) is 0.402. The normalized spacial score (nSPS) is 28.3. The van der Waals surface area contributed by atoms with Crippen LogP contribution in [0.2, 0.25) is 0 Å². The van der Waals surface area contributed by atoms with Gasteiger partial charge in [0.1, 0.15) is 12.2 Å². The molecule has 2 aliphatic carbocycles. The van der Waals surface area contributed by atoms with Crippen molar-refractivity contribution in [1.29, 1.82) is 0 Å². The molecule has 0 amide bonds. The zero-order chi connectivity index (χ0) is 28.9. The number of ketones is 1. The number of halogens is 3. The molecule has 1 fully saturated rings. The Balaban J connectivity index is 1.81. The van der Waals surface area contributed by atoms with Gasteiger partial charge < -0.3 is 18.6 Å². The topological polar surface area (TPSA) is 92.0 Å². The van der Waals surface area contributed by atoms with E-state index in [1.54, 1.807) is 27.7 Å². The number of hydrogen-bond donors (Lipinski definition) is 0. The van der Waals surface area contributed by atoms with Crippen LogP contribution in [0.4, 0.5) is 13.2 Å². The van der Waals surface area contributed by atoms with E-state index in [2.05, 4.69) is 0 Å². The maximum atomic E-state index is 14.5. The van der Waals surface area contributed by atoms with Crippen molar-refractivity contribution >= 4 is 17.7 Å². The Morgan fingerprint density at radius 1 is 1.10 bits per heavy atom. The Morgan fingerprint density at radius 3 is 2.31 bits per heavy atom. The Morgan fingerprint density at radius 2 is 1.74 bits per heavy atom. The molecule has 0 saturated heterocycles. The molecule has 1 saturated carbocycles. The number of aryl methyl sites for hydroxylation is 1. The summed E-state index contributed by atoms with van der Waals surface area (Å²) in [6.07, 6.45) is -5.40. The van der Waals surface area contributed by atoms with Gasteiger partial charge in [-0.3, -0.25) is 9.59 Å².